The van der Waals surface area contributed by atoms with Crippen LogP contribution in [0.4, 0.5) is 13.2 Å². The van der Waals surface area contributed by atoms with Gasteiger partial charge in [0.15, 0.2) is 5.69 Å². The van der Waals surface area contributed by atoms with Crippen molar-refractivity contribution < 1.29 is 17.9 Å². The van der Waals surface area contributed by atoms with Crippen LogP contribution in [-0.4, -0.2) is 11.3 Å². The Morgan fingerprint density at radius 1 is 1.53 bits per heavy atom. The fraction of sp³-hybridized carbons (Fsp3) is 0.250. The molecule has 7 heteroatoms. The molecule has 15 heavy (non-hydrogen) atoms. The highest BCUT2D eigenvalue weighted by Gasteiger charge is 2.32. The summed E-state index contributed by atoms with van der Waals surface area (Å²) in [5.74, 6) is -0.466. The number of nitriles is 1. The molecule has 0 spiro atoms. The third-order valence-corrected chi connectivity index (χ3v) is 2.15. The molecule has 1 heterocycles. The van der Waals surface area contributed by atoms with E-state index in [1.165, 1.54) is 6.92 Å². The van der Waals surface area contributed by atoms with E-state index in [-0.39, 0.29) is 15.9 Å². The van der Waals surface area contributed by atoms with Crippen LogP contribution in [0.3, 0.4) is 0 Å². The van der Waals surface area contributed by atoms with Gasteiger partial charge in [0, 0.05) is 11.8 Å². The van der Waals surface area contributed by atoms with E-state index in [9.17, 15) is 13.2 Å². The summed E-state index contributed by atoms with van der Waals surface area (Å²) in [5.41, 5.74) is 0.128. The first-order valence-corrected chi connectivity index (χ1v) is 4.46. The van der Waals surface area contributed by atoms with E-state index in [2.05, 4.69) is 25.7 Å². The Bertz CT molecular complexity index is 425. The molecule has 0 saturated heterocycles. The molecule has 0 saturated carbocycles. The Kier molecular flexibility index (Phi) is 3.19. The molecular formula is C8H4BrF3N2O. The Labute approximate surface area is 91.6 Å². The maximum absolute atomic E-state index is 11.9. The van der Waals surface area contributed by atoms with Gasteiger partial charge in [0.05, 0.1) is 4.47 Å². The Hall–Kier alpha value is -1.29. The monoisotopic (exact) mass is 280 g/mol. The highest BCUT2D eigenvalue weighted by Crippen LogP contribution is 2.32. The van der Waals surface area contributed by atoms with Crippen LogP contribution in [0.15, 0.2) is 10.5 Å². The van der Waals surface area contributed by atoms with Gasteiger partial charge < -0.3 is 4.74 Å². The first-order chi connectivity index (χ1) is 6.83. The van der Waals surface area contributed by atoms with Crippen LogP contribution < -0.4 is 4.74 Å². The molecule has 80 valence electrons. The third-order valence-electron chi connectivity index (χ3n) is 1.38. The van der Waals surface area contributed by atoms with Gasteiger partial charge in [-0.2, -0.15) is 5.26 Å². The standard InChI is InChI=1S/C8H4BrF3N2O/c1-4-2-6(15-8(10,11)12)7(9)5(3-13)14-4/h2H,1H3. The van der Waals surface area contributed by atoms with E-state index in [0.29, 0.717) is 0 Å². The molecule has 1 aromatic heterocycles. The van der Waals surface area contributed by atoms with Crippen LogP contribution in [-0.2, 0) is 0 Å². The number of pyridine rings is 1. The molecule has 0 atom stereocenters. The predicted molar refractivity (Wildman–Crippen MR) is 48.1 cm³/mol. The van der Waals surface area contributed by atoms with Crippen molar-refractivity contribution in [3.63, 3.8) is 0 Å². The fourth-order valence-corrected chi connectivity index (χ4v) is 1.27. The van der Waals surface area contributed by atoms with Gasteiger partial charge in [-0.15, -0.1) is 13.2 Å². The average Bonchev–Trinajstić information content (AvgIpc) is 2.08. The Morgan fingerprint density at radius 2 is 2.13 bits per heavy atom. The van der Waals surface area contributed by atoms with Gasteiger partial charge >= 0.3 is 6.36 Å². The molecule has 0 aliphatic rings. The van der Waals surface area contributed by atoms with Gasteiger partial charge in [-0.3, -0.25) is 0 Å². The SMILES string of the molecule is Cc1cc(OC(F)(F)F)c(Br)c(C#N)n1. The van der Waals surface area contributed by atoms with Gasteiger partial charge in [-0.1, -0.05) is 0 Å². The number of rotatable bonds is 1. The van der Waals surface area contributed by atoms with E-state index in [0.717, 1.165) is 6.07 Å². The van der Waals surface area contributed by atoms with Gasteiger partial charge in [-0.05, 0) is 22.9 Å². The largest absolute Gasteiger partial charge is 0.573 e. The normalized spacial score (nSPS) is 10.9. The molecule has 0 bridgehead atoms. The van der Waals surface area contributed by atoms with Crippen molar-refractivity contribution in [3.05, 3.63) is 21.9 Å². The maximum Gasteiger partial charge on any atom is 0.573 e. The molecule has 0 radical (unpaired) electrons. The molecule has 0 amide bonds. The minimum atomic E-state index is -4.79. The van der Waals surface area contributed by atoms with E-state index in [1.54, 1.807) is 6.07 Å². The second-order valence-electron chi connectivity index (χ2n) is 2.58. The lowest BCUT2D eigenvalue weighted by Crippen LogP contribution is -2.18. The number of hydrogen-bond acceptors (Lipinski definition) is 3. The molecule has 0 unspecified atom stereocenters. The second kappa shape index (κ2) is 4.06. The summed E-state index contributed by atoms with van der Waals surface area (Å²) in [7, 11) is 0. The summed E-state index contributed by atoms with van der Waals surface area (Å²) < 4.78 is 39.4. The van der Waals surface area contributed by atoms with Crippen molar-refractivity contribution in [2.45, 2.75) is 13.3 Å². The van der Waals surface area contributed by atoms with E-state index in [1.807, 2.05) is 0 Å². The first kappa shape index (κ1) is 11.8. The van der Waals surface area contributed by atoms with Gasteiger partial charge in [-0.25, -0.2) is 4.98 Å². The molecule has 3 nitrogen and oxygen atoms in total. The second-order valence-corrected chi connectivity index (χ2v) is 3.38. The quantitative estimate of drug-likeness (QED) is 0.795. The minimum absolute atomic E-state index is 0.104. The number of nitrogens with zero attached hydrogens (tertiary/aromatic N) is 2. The molecule has 0 N–H and O–H groups in total. The molecule has 0 aromatic carbocycles. The van der Waals surface area contributed by atoms with Gasteiger partial charge in [0.25, 0.3) is 0 Å². The zero-order chi connectivity index (χ0) is 11.6. The molecule has 1 rings (SSSR count). The summed E-state index contributed by atoms with van der Waals surface area (Å²) in [4.78, 5) is 3.73. The summed E-state index contributed by atoms with van der Waals surface area (Å²) in [5, 5.41) is 8.59. The zero-order valence-electron chi connectivity index (χ0n) is 7.39. The summed E-state index contributed by atoms with van der Waals surface area (Å²) >= 11 is 2.82. The van der Waals surface area contributed by atoms with Crippen LogP contribution >= 0.6 is 15.9 Å². The third kappa shape index (κ3) is 3.09. The lowest BCUT2D eigenvalue weighted by molar-refractivity contribution is -0.274. The lowest BCUT2D eigenvalue weighted by atomic mass is 10.3. The van der Waals surface area contributed by atoms with Crippen LogP contribution in [0, 0.1) is 18.3 Å². The van der Waals surface area contributed by atoms with E-state index in [4.69, 9.17) is 5.26 Å². The van der Waals surface area contributed by atoms with Gasteiger partial charge in [0.1, 0.15) is 11.8 Å². The van der Waals surface area contributed by atoms with Crippen molar-refractivity contribution in [3.8, 4) is 11.8 Å². The van der Waals surface area contributed by atoms with Crippen LogP contribution in [0.25, 0.3) is 0 Å². The number of aryl methyl sites for hydroxylation is 1. The lowest BCUT2D eigenvalue weighted by Gasteiger charge is -2.11. The average molecular weight is 281 g/mol. The van der Waals surface area contributed by atoms with E-state index < -0.39 is 12.1 Å². The molecular weight excluding hydrogens is 277 g/mol. The van der Waals surface area contributed by atoms with Crippen LogP contribution in [0.5, 0.6) is 5.75 Å². The molecule has 0 fully saturated rings. The minimum Gasteiger partial charge on any atom is -0.404 e. The summed E-state index contributed by atoms with van der Waals surface area (Å²) in [6, 6.07) is 2.75. The highest BCUT2D eigenvalue weighted by molar-refractivity contribution is 9.10. The predicted octanol–water partition coefficient (Wildman–Crippen LogP) is 2.92. The number of alkyl halides is 3. The number of halogens is 4. The van der Waals surface area contributed by atoms with Crippen LogP contribution in [0.2, 0.25) is 0 Å². The fourth-order valence-electron chi connectivity index (χ4n) is 0.901. The number of hydrogen-bond donors (Lipinski definition) is 0. The maximum atomic E-state index is 11.9. The smallest absolute Gasteiger partial charge is 0.404 e. The summed E-state index contributed by atoms with van der Waals surface area (Å²) in [6.07, 6.45) is -4.79. The first-order valence-electron chi connectivity index (χ1n) is 3.66. The Morgan fingerprint density at radius 3 is 2.60 bits per heavy atom. The van der Waals surface area contributed by atoms with Gasteiger partial charge in [0.2, 0.25) is 0 Å². The molecule has 0 aliphatic carbocycles. The van der Waals surface area contributed by atoms with Crippen molar-refractivity contribution in [2.75, 3.05) is 0 Å². The van der Waals surface area contributed by atoms with Crippen molar-refractivity contribution in [1.29, 1.82) is 5.26 Å². The van der Waals surface area contributed by atoms with Crippen molar-refractivity contribution in [2.24, 2.45) is 0 Å². The topological polar surface area (TPSA) is 45.9 Å². The highest BCUT2D eigenvalue weighted by atomic mass is 79.9. The van der Waals surface area contributed by atoms with Crippen molar-refractivity contribution >= 4 is 15.9 Å². The number of aromatic nitrogens is 1. The van der Waals surface area contributed by atoms with Crippen LogP contribution in [0.1, 0.15) is 11.4 Å². The van der Waals surface area contributed by atoms with E-state index >= 15 is 0 Å². The molecule has 1 aromatic rings. The number of ether oxygens (including phenoxy) is 1. The summed E-state index contributed by atoms with van der Waals surface area (Å²) in [6.45, 7) is 1.47. The van der Waals surface area contributed by atoms with Crippen molar-refractivity contribution in [1.82, 2.24) is 4.98 Å². The zero-order valence-corrected chi connectivity index (χ0v) is 8.98. The Balaban J connectivity index is 3.20. The molecule has 0 aliphatic heterocycles.